The van der Waals surface area contributed by atoms with Gasteiger partial charge in [-0.3, -0.25) is 28.8 Å². The number of alkyl halides is 3. The summed E-state index contributed by atoms with van der Waals surface area (Å²) in [5.41, 5.74) is 8.45. The Hall–Kier alpha value is -7.36. The second-order valence-corrected chi connectivity index (χ2v) is 44.2. The van der Waals surface area contributed by atoms with Crippen LogP contribution in [0.5, 0.6) is 11.5 Å². The van der Waals surface area contributed by atoms with Crippen LogP contribution in [0.1, 0.15) is 352 Å². The summed E-state index contributed by atoms with van der Waals surface area (Å²) < 4.78 is 70.5. The zero-order valence-electron chi connectivity index (χ0n) is 80.7. The molecule has 0 radical (unpaired) electrons. The number of carbonyl (C=O) groups excluding carboxylic acids is 5. The molecular formula is C105H147F3O12S5. The van der Waals surface area contributed by atoms with Crippen molar-refractivity contribution in [3.63, 3.8) is 0 Å². The number of carboxylic acids is 1. The number of rotatable bonds is 37. The third-order valence-corrected chi connectivity index (χ3v) is 32.7. The average molecular weight is 1820 g/mol. The first-order valence-corrected chi connectivity index (χ1v) is 49.6. The van der Waals surface area contributed by atoms with Gasteiger partial charge in [0.2, 0.25) is 0 Å². The predicted octanol–water partition coefficient (Wildman–Crippen LogP) is 28.5. The van der Waals surface area contributed by atoms with Gasteiger partial charge in [-0.05, 0) is 266 Å². The molecule has 2 N–H and O–H groups in total. The SMILES string of the molecule is CCC(CC)(c1ccc(CCC(=O)O)c(C)c1)c1cc(C)c(CCC(=O)C(C)(C)C)s1.CCC(CC)(c1ccc(O)c(C)c1)c1cc(C)c(CCC(=O)C(C)(C)C)s1.CCC(CC)(c1ccc(OS(=O)(=O)C(F)(F)F)c(C)c1)c1cc(C)c(CCC(=O)C(C)(C)C)s1.CCOC(=O)CCc1ccc(C(CC)(CC)c2cc(C)c(CCC(=O)C(C)(C)C)s2)cc1C. The number of carboxylic acid groups (broad SMARTS) is 1. The molecule has 4 heterocycles. The maximum absolute atomic E-state index is 12.7. The Labute approximate surface area is 764 Å². The van der Waals surface area contributed by atoms with E-state index < -0.39 is 27.0 Å². The van der Waals surface area contributed by atoms with Gasteiger partial charge in [-0.15, -0.1) is 45.3 Å². The quantitative estimate of drug-likeness (QED) is 0.0213. The van der Waals surface area contributed by atoms with Gasteiger partial charge in [-0.2, -0.15) is 21.6 Å². The number of aryl methyl sites for hydroxylation is 14. The van der Waals surface area contributed by atoms with E-state index in [0.717, 1.165) is 108 Å². The topological polar surface area (TPSA) is 195 Å². The number of hydrogen-bond donors (Lipinski definition) is 2. The highest BCUT2D eigenvalue weighted by Gasteiger charge is 2.49. The molecule has 0 atom stereocenters. The van der Waals surface area contributed by atoms with Gasteiger partial charge in [0.15, 0.2) is 0 Å². The Morgan fingerprint density at radius 3 is 0.848 bits per heavy atom. The van der Waals surface area contributed by atoms with Crippen molar-refractivity contribution in [2.75, 3.05) is 6.61 Å². The maximum atomic E-state index is 12.7. The summed E-state index contributed by atoms with van der Waals surface area (Å²) in [5.74, 6) is 0.280. The predicted molar refractivity (Wildman–Crippen MR) is 516 cm³/mol. The van der Waals surface area contributed by atoms with Crippen molar-refractivity contribution < 1.29 is 69.5 Å². The van der Waals surface area contributed by atoms with Crippen molar-refractivity contribution in [2.45, 2.75) is 356 Å². The number of aromatic hydroxyl groups is 1. The molecule has 12 nitrogen and oxygen atoms in total. The summed E-state index contributed by atoms with van der Waals surface area (Å²) in [7, 11) is -5.74. The van der Waals surface area contributed by atoms with Gasteiger partial charge < -0.3 is 19.1 Å². The highest BCUT2D eigenvalue weighted by molar-refractivity contribution is 7.88. The molecule has 8 rings (SSSR count). The molecule has 0 unspecified atom stereocenters. The van der Waals surface area contributed by atoms with Crippen LogP contribution in [0.2, 0.25) is 0 Å². The number of halogens is 3. The minimum atomic E-state index is -5.74. The highest BCUT2D eigenvalue weighted by atomic mass is 32.2. The Bertz CT molecular complexity index is 5090. The molecule has 0 aliphatic heterocycles. The first-order chi connectivity index (χ1) is 57.9. The van der Waals surface area contributed by atoms with E-state index in [9.17, 15) is 55.5 Å². The average Bonchev–Trinajstić information content (AvgIpc) is 1.71. The summed E-state index contributed by atoms with van der Waals surface area (Å²) >= 11 is 7.25. The van der Waals surface area contributed by atoms with E-state index in [0.29, 0.717) is 86.6 Å². The van der Waals surface area contributed by atoms with Gasteiger partial charge in [0, 0.05) is 121 Å². The summed E-state index contributed by atoms with van der Waals surface area (Å²) in [6, 6.07) is 33.0. The Kier molecular flexibility index (Phi) is 39.2. The van der Waals surface area contributed by atoms with Crippen molar-refractivity contribution in [1.29, 1.82) is 0 Å². The highest BCUT2D eigenvalue weighted by Crippen LogP contribution is 2.50. The number of hydrogen-bond acceptors (Lipinski definition) is 15. The van der Waals surface area contributed by atoms with Crippen LogP contribution in [-0.2, 0) is 104 Å². The fourth-order valence-electron chi connectivity index (χ4n) is 16.4. The normalized spacial score (nSPS) is 12.5. The van der Waals surface area contributed by atoms with Crippen LogP contribution < -0.4 is 4.18 Å². The van der Waals surface area contributed by atoms with Crippen LogP contribution >= 0.6 is 45.3 Å². The number of Topliss-reactive ketones (excluding diaryl/α,β-unsaturated/α-hetero) is 4. The molecule has 125 heavy (non-hydrogen) atoms. The molecule has 0 aliphatic rings. The number of ketones is 4. The monoisotopic (exact) mass is 1820 g/mol. The molecule has 0 spiro atoms. The van der Waals surface area contributed by atoms with Gasteiger partial charge in [-0.1, -0.05) is 199 Å². The van der Waals surface area contributed by atoms with Crippen molar-refractivity contribution >= 4 is 90.5 Å². The molecule has 0 fully saturated rings. The lowest BCUT2D eigenvalue weighted by Gasteiger charge is -2.32. The minimum Gasteiger partial charge on any atom is -0.508 e. The van der Waals surface area contributed by atoms with E-state index in [-0.39, 0.29) is 61.8 Å². The number of ether oxygens (including phenoxy) is 1. The number of carbonyl (C=O) groups is 6. The standard InChI is InChI=1S/C29H42O3S.C27H38O3S.C25H33F3O4S2.C24H34O2S/c1-9-29(10-2,23-14-12-22(20(4)18-23)13-17-27(31)32-11-3)26-19-21(5)24(33-26)15-16-25(30)28(6,7)8;1-8-27(9-2,21-12-10-20(18(3)16-21)11-15-25(29)30)24-17-19(4)22(31-24)13-14-23(28)26(5,6)7;1-8-24(9-2,22-15-17(4)20(33-22)12-13-21(29)23(5,6)7)18-10-11-19(16(3)14-18)32-34(30,31)25(26,27)28;1-8-24(9-2,18-10-11-19(25)16(3)14-18)22-15-17(4)20(27-22)12-13-21(26)23(5,6)7/h12,14,18-19H,9-11,13,15-17H2,1-8H3;10,12,16-17H,8-9,11,13-15H2,1-7H3,(H,29,30);10-11,14-15H,8-9,12-13H2,1-7H3;10-11,14-15,25H,8-9,12-13H2,1-7H3. The Morgan fingerprint density at radius 2 is 0.608 bits per heavy atom. The largest absolute Gasteiger partial charge is 0.534 e. The van der Waals surface area contributed by atoms with Crippen molar-refractivity contribution in [3.8, 4) is 11.5 Å². The maximum Gasteiger partial charge on any atom is 0.534 e. The van der Waals surface area contributed by atoms with Crippen LogP contribution in [-0.4, -0.2) is 65.8 Å². The van der Waals surface area contributed by atoms with Gasteiger partial charge in [-0.25, -0.2) is 0 Å². The first-order valence-electron chi connectivity index (χ1n) is 45.0. The molecule has 8 aromatic rings. The van der Waals surface area contributed by atoms with Crippen LogP contribution in [0.4, 0.5) is 13.2 Å². The second-order valence-electron chi connectivity index (χ2n) is 38.2. The number of benzene rings is 4. The fourth-order valence-corrected chi connectivity index (χ4v) is 23.1. The number of aliphatic carboxylic acids is 1. The summed E-state index contributed by atoms with van der Waals surface area (Å²) in [6.45, 7) is 59.8. The molecule has 20 heteroatoms. The number of esters is 1. The van der Waals surface area contributed by atoms with Crippen molar-refractivity contribution in [3.05, 3.63) is 214 Å². The third-order valence-electron chi connectivity index (χ3n) is 25.7. The third kappa shape index (κ3) is 27.6. The van der Waals surface area contributed by atoms with E-state index in [4.69, 9.17) is 9.84 Å². The lowest BCUT2D eigenvalue weighted by molar-refractivity contribution is -0.143. The number of phenolic OH excluding ortho intramolecular Hbond substituents is 1. The van der Waals surface area contributed by atoms with E-state index in [1.54, 1.807) is 23.5 Å². The smallest absolute Gasteiger partial charge is 0.508 e. The first kappa shape index (κ1) is 108. The molecule has 4 aromatic heterocycles. The molecule has 0 aliphatic carbocycles. The lowest BCUT2D eigenvalue weighted by atomic mass is 9.73. The Balaban J connectivity index is 0.000000297. The van der Waals surface area contributed by atoms with Gasteiger partial charge in [0.05, 0.1) is 6.61 Å². The van der Waals surface area contributed by atoms with E-state index in [1.807, 2.05) is 144 Å². The summed E-state index contributed by atoms with van der Waals surface area (Å²) in [5, 5.41) is 18.9. The van der Waals surface area contributed by atoms with Crippen molar-refractivity contribution in [1.82, 2.24) is 0 Å². The minimum absolute atomic E-state index is 0.0356. The van der Waals surface area contributed by atoms with Gasteiger partial charge >= 0.3 is 27.6 Å². The van der Waals surface area contributed by atoms with E-state index >= 15 is 0 Å². The number of phenols is 1. The molecular weight excluding hydrogens is 1670 g/mol. The van der Waals surface area contributed by atoms with Crippen LogP contribution in [0.3, 0.4) is 0 Å². The zero-order valence-corrected chi connectivity index (χ0v) is 84.8. The summed E-state index contributed by atoms with van der Waals surface area (Å²) in [4.78, 5) is 82.7. The van der Waals surface area contributed by atoms with E-state index in [2.05, 4.69) is 167 Å². The second kappa shape index (κ2) is 45.3. The molecule has 0 saturated carbocycles. The molecule has 0 bridgehead atoms. The van der Waals surface area contributed by atoms with Gasteiger partial charge in [0.1, 0.15) is 34.6 Å². The molecule has 4 aromatic carbocycles. The molecule has 690 valence electrons. The Morgan fingerprint density at radius 1 is 0.344 bits per heavy atom. The van der Waals surface area contributed by atoms with Crippen LogP contribution in [0.15, 0.2) is 97.1 Å². The number of thiophene rings is 4. The van der Waals surface area contributed by atoms with Crippen molar-refractivity contribution in [2.24, 2.45) is 21.7 Å². The zero-order chi connectivity index (χ0) is 94.7. The lowest BCUT2D eigenvalue weighted by Crippen LogP contribution is -2.28. The van der Waals surface area contributed by atoms with E-state index in [1.165, 1.54) is 86.8 Å². The fraction of sp³-hybridized carbons (Fsp3) is 0.562. The van der Waals surface area contributed by atoms with Crippen LogP contribution in [0, 0.1) is 77.0 Å². The van der Waals surface area contributed by atoms with Gasteiger partial charge in [0.25, 0.3) is 0 Å². The molecule has 0 amide bonds. The molecule has 0 saturated heterocycles. The summed E-state index contributed by atoms with van der Waals surface area (Å²) in [6.07, 6.45) is 14.8. The van der Waals surface area contributed by atoms with Crippen LogP contribution in [0.25, 0.3) is 0 Å².